The highest BCUT2D eigenvalue weighted by atomic mass is 16.5. The topological polar surface area (TPSA) is 89.3 Å². The fraction of sp³-hybridized carbons (Fsp3) is 0.529. The van der Waals surface area contributed by atoms with Crippen LogP contribution in [0.2, 0.25) is 0 Å². The Hall–Kier alpha value is -2.42. The van der Waals surface area contributed by atoms with Crippen LogP contribution in [0.1, 0.15) is 45.1 Å². The van der Waals surface area contributed by atoms with Crippen molar-refractivity contribution in [1.82, 2.24) is 4.98 Å². The summed E-state index contributed by atoms with van der Waals surface area (Å²) < 4.78 is 10.1. The molecule has 0 aliphatic carbocycles. The third-order valence-electron chi connectivity index (χ3n) is 3.25. The number of ether oxygens (including phenoxy) is 2. The van der Waals surface area contributed by atoms with Gasteiger partial charge in [0.25, 0.3) is 0 Å². The van der Waals surface area contributed by atoms with Gasteiger partial charge in [0.05, 0.1) is 32.1 Å². The van der Waals surface area contributed by atoms with Crippen molar-refractivity contribution in [3.8, 4) is 6.07 Å². The van der Waals surface area contributed by atoms with Gasteiger partial charge in [0.1, 0.15) is 5.41 Å². The van der Waals surface area contributed by atoms with Crippen molar-refractivity contribution in [3.05, 3.63) is 30.1 Å². The van der Waals surface area contributed by atoms with Gasteiger partial charge >= 0.3 is 11.9 Å². The maximum absolute atomic E-state index is 12.0. The third kappa shape index (κ3) is 5.70. The van der Waals surface area contributed by atoms with Gasteiger partial charge < -0.3 is 9.47 Å². The van der Waals surface area contributed by atoms with Crippen LogP contribution in [0.5, 0.6) is 0 Å². The van der Waals surface area contributed by atoms with Crippen LogP contribution < -0.4 is 0 Å². The van der Waals surface area contributed by atoms with E-state index in [-0.39, 0.29) is 26.1 Å². The highest BCUT2D eigenvalue weighted by molar-refractivity contribution is 5.77. The Labute approximate surface area is 136 Å². The van der Waals surface area contributed by atoms with Crippen LogP contribution in [0.3, 0.4) is 0 Å². The number of pyridine rings is 1. The molecule has 0 unspecified atom stereocenters. The average molecular weight is 318 g/mol. The highest BCUT2D eigenvalue weighted by Gasteiger charge is 2.39. The molecule has 6 nitrogen and oxygen atoms in total. The molecule has 124 valence electrons. The number of nitrogens with zero attached hydrogens (tertiary/aromatic N) is 2. The predicted molar refractivity (Wildman–Crippen MR) is 83.3 cm³/mol. The Balaban J connectivity index is 3.01. The predicted octanol–water partition coefficient (Wildman–Crippen LogP) is 2.53. The van der Waals surface area contributed by atoms with Gasteiger partial charge in [-0.2, -0.15) is 5.26 Å². The number of esters is 2. The summed E-state index contributed by atoms with van der Waals surface area (Å²) in [5, 5.41) is 9.69. The largest absolute Gasteiger partial charge is 0.466 e. The fourth-order valence-electron chi connectivity index (χ4n) is 2.08. The number of carbonyl (C=O) groups is 2. The summed E-state index contributed by atoms with van der Waals surface area (Å²) in [5.74, 6) is -1.03. The Bertz CT molecular complexity index is 529. The molecule has 1 aromatic rings. The van der Waals surface area contributed by atoms with E-state index in [1.165, 1.54) is 6.20 Å². The molecule has 0 saturated heterocycles. The minimum absolute atomic E-state index is 0.212. The van der Waals surface area contributed by atoms with Gasteiger partial charge in [-0.15, -0.1) is 0 Å². The first kappa shape index (κ1) is 18.6. The van der Waals surface area contributed by atoms with Gasteiger partial charge in [0, 0.05) is 12.4 Å². The molecule has 23 heavy (non-hydrogen) atoms. The van der Waals surface area contributed by atoms with Gasteiger partial charge in [-0.1, -0.05) is 19.9 Å². The smallest absolute Gasteiger partial charge is 0.307 e. The van der Waals surface area contributed by atoms with Crippen LogP contribution in [0.15, 0.2) is 24.5 Å². The van der Waals surface area contributed by atoms with Crippen molar-refractivity contribution in [1.29, 1.82) is 5.26 Å². The molecule has 1 aromatic heterocycles. The normalized spacial score (nSPS) is 10.7. The Morgan fingerprint density at radius 2 is 1.74 bits per heavy atom. The summed E-state index contributed by atoms with van der Waals surface area (Å²) in [6.07, 6.45) is 4.01. The van der Waals surface area contributed by atoms with Crippen LogP contribution in [0, 0.1) is 11.3 Å². The summed E-state index contributed by atoms with van der Waals surface area (Å²) in [6, 6.07) is 5.44. The van der Waals surface area contributed by atoms with E-state index in [1.807, 2.05) is 13.8 Å². The summed E-state index contributed by atoms with van der Waals surface area (Å²) >= 11 is 0. The second-order valence-corrected chi connectivity index (χ2v) is 5.23. The number of nitriles is 1. The van der Waals surface area contributed by atoms with Crippen molar-refractivity contribution in [3.63, 3.8) is 0 Å². The molecule has 0 aliphatic heterocycles. The molecule has 0 spiro atoms. The van der Waals surface area contributed by atoms with E-state index in [4.69, 9.17) is 9.47 Å². The van der Waals surface area contributed by atoms with E-state index in [9.17, 15) is 14.9 Å². The minimum atomic E-state index is -1.33. The molecule has 6 heteroatoms. The van der Waals surface area contributed by atoms with Crippen molar-refractivity contribution in [2.24, 2.45) is 0 Å². The van der Waals surface area contributed by atoms with Crippen molar-refractivity contribution in [2.75, 3.05) is 13.2 Å². The Morgan fingerprint density at radius 1 is 1.17 bits per heavy atom. The summed E-state index contributed by atoms with van der Waals surface area (Å²) in [7, 11) is 0. The molecule has 0 saturated carbocycles. The van der Waals surface area contributed by atoms with Gasteiger partial charge in [0.15, 0.2) is 0 Å². The molecule has 1 rings (SSSR count). The SMILES string of the molecule is CCCOC(=O)CC(C#N)(CC(=O)OCCC)c1cccnc1. The molecule has 0 fully saturated rings. The minimum Gasteiger partial charge on any atom is -0.466 e. The lowest BCUT2D eigenvalue weighted by atomic mass is 9.77. The highest BCUT2D eigenvalue weighted by Crippen LogP contribution is 2.32. The molecule has 0 bridgehead atoms. The van der Waals surface area contributed by atoms with Gasteiger partial charge in [0.2, 0.25) is 0 Å². The van der Waals surface area contributed by atoms with Gasteiger partial charge in [-0.3, -0.25) is 14.6 Å². The van der Waals surface area contributed by atoms with E-state index < -0.39 is 17.4 Å². The molecule has 0 aliphatic rings. The monoisotopic (exact) mass is 318 g/mol. The summed E-state index contributed by atoms with van der Waals surface area (Å²) in [4.78, 5) is 28.0. The second kappa shape index (κ2) is 9.57. The van der Waals surface area contributed by atoms with E-state index in [2.05, 4.69) is 11.1 Å². The number of hydrogen-bond donors (Lipinski definition) is 0. The number of aromatic nitrogens is 1. The lowest BCUT2D eigenvalue weighted by Gasteiger charge is -2.25. The van der Waals surface area contributed by atoms with Crippen molar-refractivity contribution < 1.29 is 19.1 Å². The summed E-state index contributed by atoms with van der Waals surface area (Å²) in [5.41, 5.74) is -0.825. The Morgan fingerprint density at radius 3 is 2.13 bits per heavy atom. The molecule has 0 radical (unpaired) electrons. The van der Waals surface area contributed by atoms with Crippen LogP contribution in [-0.2, 0) is 24.5 Å². The zero-order valence-corrected chi connectivity index (χ0v) is 13.6. The van der Waals surface area contributed by atoms with E-state index >= 15 is 0 Å². The second-order valence-electron chi connectivity index (χ2n) is 5.23. The first-order valence-electron chi connectivity index (χ1n) is 7.71. The van der Waals surface area contributed by atoms with Crippen LogP contribution in [0.4, 0.5) is 0 Å². The van der Waals surface area contributed by atoms with E-state index in [0.717, 1.165) is 0 Å². The Kier molecular flexibility index (Phi) is 7.75. The van der Waals surface area contributed by atoms with Crippen LogP contribution in [-0.4, -0.2) is 30.1 Å². The molecule has 0 aromatic carbocycles. The van der Waals surface area contributed by atoms with E-state index in [0.29, 0.717) is 18.4 Å². The zero-order valence-electron chi connectivity index (χ0n) is 13.6. The number of hydrogen-bond acceptors (Lipinski definition) is 6. The van der Waals surface area contributed by atoms with E-state index in [1.54, 1.807) is 18.3 Å². The lowest BCUT2D eigenvalue weighted by Crippen LogP contribution is -2.32. The molecular weight excluding hydrogens is 296 g/mol. The van der Waals surface area contributed by atoms with Gasteiger partial charge in [-0.25, -0.2) is 0 Å². The van der Waals surface area contributed by atoms with Crippen molar-refractivity contribution in [2.45, 2.75) is 44.9 Å². The van der Waals surface area contributed by atoms with Gasteiger partial charge in [-0.05, 0) is 24.5 Å². The lowest BCUT2D eigenvalue weighted by molar-refractivity contribution is -0.147. The van der Waals surface area contributed by atoms with Crippen LogP contribution in [0.25, 0.3) is 0 Å². The number of rotatable bonds is 9. The zero-order chi connectivity index (χ0) is 17.1. The summed E-state index contributed by atoms with van der Waals surface area (Å²) in [6.45, 7) is 4.34. The molecule has 0 N–H and O–H groups in total. The molecule has 0 amide bonds. The standard InChI is InChI=1S/C17H22N2O4/c1-3-8-22-15(20)10-17(13-18,11-16(21)23-9-4-2)14-6-5-7-19-12-14/h5-7,12H,3-4,8-11H2,1-2H3. The van der Waals surface area contributed by atoms with Crippen LogP contribution >= 0.6 is 0 Å². The first-order valence-corrected chi connectivity index (χ1v) is 7.71. The molecular formula is C17H22N2O4. The number of carbonyl (C=O) groups excluding carboxylic acids is 2. The first-order chi connectivity index (χ1) is 11.1. The maximum Gasteiger partial charge on any atom is 0.307 e. The molecule has 0 atom stereocenters. The fourth-order valence-corrected chi connectivity index (χ4v) is 2.08. The molecule has 1 heterocycles. The third-order valence-corrected chi connectivity index (χ3v) is 3.25. The quantitative estimate of drug-likeness (QED) is 0.650. The van der Waals surface area contributed by atoms with Crippen molar-refractivity contribution >= 4 is 11.9 Å². The average Bonchev–Trinajstić information content (AvgIpc) is 2.58. The maximum atomic E-state index is 12.0.